The second-order valence-corrected chi connectivity index (χ2v) is 5.46. The molecule has 3 N–H and O–H groups in total. The van der Waals surface area contributed by atoms with Crippen LogP contribution in [0.5, 0.6) is 0 Å². The summed E-state index contributed by atoms with van der Waals surface area (Å²) < 4.78 is 5.27. The molecule has 1 aromatic rings. The van der Waals surface area contributed by atoms with Crippen LogP contribution in [-0.4, -0.2) is 17.4 Å². The molecule has 0 spiro atoms. The number of aromatic nitrogens is 1. The summed E-state index contributed by atoms with van der Waals surface area (Å²) in [6.45, 7) is 4.91. The van der Waals surface area contributed by atoms with Crippen LogP contribution in [0.25, 0.3) is 0 Å². The smallest absolute Gasteiger partial charge is 0.273 e. The van der Waals surface area contributed by atoms with Crippen molar-refractivity contribution in [2.75, 3.05) is 6.54 Å². The number of oxazole rings is 1. The molecule has 1 aliphatic rings. The third-order valence-electron chi connectivity index (χ3n) is 3.05. The Balaban J connectivity index is 1.89. The summed E-state index contributed by atoms with van der Waals surface area (Å²) >= 11 is 0. The van der Waals surface area contributed by atoms with E-state index in [1.807, 2.05) is 0 Å². The van der Waals surface area contributed by atoms with Crippen molar-refractivity contribution in [3.63, 3.8) is 0 Å². The molecule has 0 radical (unpaired) electrons. The van der Waals surface area contributed by atoms with Gasteiger partial charge in [0, 0.05) is 6.54 Å². The molecule has 5 nitrogen and oxygen atoms in total. The fraction of sp³-hybridized carbons (Fsp3) is 0.692. The van der Waals surface area contributed by atoms with Gasteiger partial charge in [-0.25, -0.2) is 4.98 Å². The summed E-state index contributed by atoms with van der Waals surface area (Å²) in [4.78, 5) is 15.9. The van der Waals surface area contributed by atoms with E-state index < -0.39 is 0 Å². The van der Waals surface area contributed by atoms with E-state index in [4.69, 9.17) is 10.2 Å². The van der Waals surface area contributed by atoms with E-state index in [1.165, 1.54) is 19.1 Å². The van der Waals surface area contributed by atoms with E-state index in [0.717, 1.165) is 13.0 Å². The lowest BCUT2D eigenvalue weighted by atomic mass is 10.0. The van der Waals surface area contributed by atoms with E-state index in [2.05, 4.69) is 24.1 Å². The van der Waals surface area contributed by atoms with Crippen molar-refractivity contribution in [1.29, 1.82) is 0 Å². The molecule has 1 atom stereocenters. The highest BCUT2D eigenvalue weighted by atomic mass is 16.3. The first-order valence-corrected chi connectivity index (χ1v) is 6.55. The molecule has 100 valence electrons. The summed E-state index contributed by atoms with van der Waals surface area (Å²) in [6, 6.07) is -0.241. The molecule has 1 amide bonds. The molecule has 1 aromatic heterocycles. The zero-order chi connectivity index (χ0) is 13.1. The van der Waals surface area contributed by atoms with Crippen LogP contribution in [0, 0.1) is 11.8 Å². The highest BCUT2D eigenvalue weighted by Gasteiger charge is 2.23. The van der Waals surface area contributed by atoms with E-state index in [0.29, 0.717) is 23.4 Å². The van der Waals surface area contributed by atoms with Gasteiger partial charge in [0.25, 0.3) is 5.91 Å². The first-order valence-electron chi connectivity index (χ1n) is 6.55. The molecule has 1 heterocycles. The van der Waals surface area contributed by atoms with Gasteiger partial charge in [0.15, 0.2) is 5.69 Å². The molecule has 1 fully saturated rings. The highest BCUT2D eigenvalue weighted by molar-refractivity contribution is 5.91. The Bertz CT molecular complexity index is 410. The molecule has 0 aromatic carbocycles. The Labute approximate surface area is 107 Å². The van der Waals surface area contributed by atoms with Gasteiger partial charge in [0.1, 0.15) is 6.26 Å². The van der Waals surface area contributed by atoms with Crippen LogP contribution in [0.4, 0.5) is 0 Å². The molecule has 5 heteroatoms. The Morgan fingerprint density at radius 2 is 2.33 bits per heavy atom. The fourth-order valence-corrected chi connectivity index (χ4v) is 1.82. The van der Waals surface area contributed by atoms with Crippen molar-refractivity contribution in [3.05, 3.63) is 17.8 Å². The Morgan fingerprint density at radius 1 is 1.61 bits per heavy atom. The average Bonchev–Trinajstić information content (AvgIpc) is 2.99. The lowest BCUT2D eigenvalue weighted by Gasteiger charge is -2.09. The van der Waals surface area contributed by atoms with Gasteiger partial charge in [-0.1, -0.05) is 13.8 Å². The minimum absolute atomic E-state index is 0.173. The van der Waals surface area contributed by atoms with Crippen LogP contribution < -0.4 is 11.1 Å². The lowest BCUT2D eigenvalue weighted by Crippen LogP contribution is -2.26. The molecule has 0 bridgehead atoms. The van der Waals surface area contributed by atoms with Gasteiger partial charge in [-0.3, -0.25) is 4.79 Å². The molecule has 1 unspecified atom stereocenters. The molecular formula is C13H21N3O2. The summed E-state index contributed by atoms with van der Waals surface area (Å²) in [7, 11) is 0. The van der Waals surface area contributed by atoms with Gasteiger partial charge < -0.3 is 15.5 Å². The lowest BCUT2D eigenvalue weighted by molar-refractivity contribution is 0.0946. The van der Waals surface area contributed by atoms with E-state index >= 15 is 0 Å². The van der Waals surface area contributed by atoms with E-state index in [9.17, 15) is 4.79 Å². The standard InChI is InChI=1S/C13H21N3O2/c1-8(2)5-10(14)13-16-11(7-18-13)12(17)15-6-9-3-4-9/h7-10H,3-6,14H2,1-2H3,(H,15,17). The summed E-state index contributed by atoms with van der Waals surface area (Å²) in [5, 5.41) is 2.85. The predicted octanol–water partition coefficient (Wildman–Crippen LogP) is 1.86. The molecular weight excluding hydrogens is 230 g/mol. The molecule has 1 aliphatic carbocycles. The number of carbonyl (C=O) groups excluding carboxylic acids is 1. The largest absolute Gasteiger partial charge is 0.446 e. The van der Waals surface area contributed by atoms with Crippen molar-refractivity contribution in [2.24, 2.45) is 17.6 Å². The van der Waals surface area contributed by atoms with Crippen molar-refractivity contribution in [1.82, 2.24) is 10.3 Å². The van der Waals surface area contributed by atoms with Crippen LogP contribution in [0.1, 0.15) is 55.5 Å². The van der Waals surface area contributed by atoms with Crippen LogP contribution >= 0.6 is 0 Å². The molecule has 2 rings (SSSR count). The zero-order valence-corrected chi connectivity index (χ0v) is 11.0. The molecule has 0 aliphatic heterocycles. The quantitative estimate of drug-likeness (QED) is 0.808. The van der Waals surface area contributed by atoms with E-state index in [-0.39, 0.29) is 11.9 Å². The highest BCUT2D eigenvalue weighted by Crippen LogP contribution is 2.27. The number of nitrogens with zero attached hydrogens (tertiary/aromatic N) is 1. The molecule has 18 heavy (non-hydrogen) atoms. The topological polar surface area (TPSA) is 81.1 Å². The van der Waals surface area contributed by atoms with E-state index in [1.54, 1.807) is 0 Å². The number of carbonyl (C=O) groups is 1. The van der Waals surface area contributed by atoms with Crippen molar-refractivity contribution in [2.45, 2.75) is 39.2 Å². The second kappa shape index (κ2) is 5.52. The fourth-order valence-electron chi connectivity index (χ4n) is 1.82. The Morgan fingerprint density at radius 3 is 2.94 bits per heavy atom. The molecule has 1 saturated carbocycles. The minimum atomic E-state index is -0.241. The summed E-state index contributed by atoms with van der Waals surface area (Å²) in [5.41, 5.74) is 6.28. The first kappa shape index (κ1) is 13.1. The Hall–Kier alpha value is -1.36. The van der Waals surface area contributed by atoms with Crippen LogP contribution in [0.3, 0.4) is 0 Å². The van der Waals surface area contributed by atoms with Gasteiger partial charge in [-0.05, 0) is 31.1 Å². The van der Waals surface area contributed by atoms with Gasteiger partial charge >= 0.3 is 0 Å². The van der Waals surface area contributed by atoms with Gasteiger partial charge in [-0.15, -0.1) is 0 Å². The van der Waals surface area contributed by atoms with Gasteiger partial charge in [0.05, 0.1) is 6.04 Å². The number of hydrogen-bond acceptors (Lipinski definition) is 4. The number of nitrogens with two attached hydrogens (primary N) is 1. The zero-order valence-electron chi connectivity index (χ0n) is 11.0. The Kier molecular flexibility index (Phi) is 4.01. The number of amides is 1. The van der Waals surface area contributed by atoms with Crippen molar-refractivity contribution in [3.8, 4) is 0 Å². The predicted molar refractivity (Wildman–Crippen MR) is 67.9 cm³/mol. The number of nitrogens with one attached hydrogen (secondary N) is 1. The van der Waals surface area contributed by atoms with Crippen molar-refractivity contribution < 1.29 is 9.21 Å². The maximum Gasteiger partial charge on any atom is 0.273 e. The monoisotopic (exact) mass is 251 g/mol. The van der Waals surface area contributed by atoms with Gasteiger partial charge in [-0.2, -0.15) is 0 Å². The normalized spacial score (nSPS) is 16.9. The number of rotatable bonds is 6. The average molecular weight is 251 g/mol. The van der Waals surface area contributed by atoms with Crippen molar-refractivity contribution >= 4 is 5.91 Å². The number of hydrogen-bond donors (Lipinski definition) is 2. The maximum atomic E-state index is 11.8. The summed E-state index contributed by atoms with van der Waals surface area (Å²) in [5.74, 6) is 1.40. The third kappa shape index (κ3) is 3.57. The van der Waals surface area contributed by atoms with Crippen LogP contribution in [0.2, 0.25) is 0 Å². The first-order chi connectivity index (χ1) is 8.56. The molecule has 0 saturated heterocycles. The maximum absolute atomic E-state index is 11.8. The summed E-state index contributed by atoms with van der Waals surface area (Å²) in [6.07, 6.45) is 4.61. The van der Waals surface area contributed by atoms with Crippen LogP contribution in [0.15, 0.2) is 10.7 Å². The van der Waals surface area contributed by atoms with Gasteiger partial charge in [0.2, 0.25) is 5.89 Å². The van der Waals surface area contributed by atoms with Crippen LogP contribution in [-0.2, 0) is 0 Å². The second-order valence-electron chi connectivity index (χ2n) is 5.46. The third-order valence-corrected chi connectivity index (χ3v) is 3.05. The minimum Gasteiger partial charge on any atom is -0.446 e. The SMILES string of the molecule is CC(C)CC(N)c1nc(C(=O)NCC2CC2)co1.